The predicted molar refractivity (Wildman–Crippen MR) is 108 cm³/mol. The number of carbonyl (C=O) groups excluding carboxylic acids is 2. The van der Waals surface area contributed by atoms with Gasteiger partial charge in [-0.05, 0) is 60.5 Å². The van der Waals surface area contributed by atoms with E-state index >= 15 is 0 Å². The van der Waals surface area contributed by atoms with Gasteiger partial charge in [0.1, 0.15) is 5.82 Å². The van der Waals surface area contributed by atoms with Gasteiger partial charge in [0, 0.05) is 23.5 Å². The van der Waals surface area contributed by atoms with Crippen LogP contribution in [0.5, 0.6) is 0 Å². The number of alkyl halides is 3. The molecule has 0 fully saturated rings. The van der Waals surface area contributed by atoms with Crippen LogP contribution in [0.15, 0.2) is 66.7 Å². The van der Waals surface area contributed by atoms with Crippen molar-refractivity contribution in [2.45, 2.75) is 12.6 Å². The van der Waals surface area contributed by atoms with Crippen molar-refractivity contribution in [3.63, 3.8) is 0 Å². The third kappa shape index (κ3) is 4.14. The fraction of sp³-hybridized carbons (Fsp3) is 0.130. The van der Waals surface area contributed by atoms with Gasteiger partial charge in [0.15, 0.2) is 0 Å². The van der Waals surface area contributed by atoms with Gasteiger partial charge in [0.2, 0.25) is 0 Å². The first-order valence-corrected chi connectivity index (χ1v) is 9.42. The molecule has 1 N–H and O–H groups in total. The molecule has 4 rings (SSSR count). The highest BCUT2D eigenvalue weighted by atomic mass is 19.4. The monoisotopic (exact) mass is 428 g/mol. The van der Waals surface area contributed by atoms with Crippen LogP contribution in [0.25, 0.3) is 0 Å². The molecule has 158 valence electrons. The van der Waals surface area contributed by atoms with Crippen molar-refractivity contribution in [2.75, 3.05) is 16.8 Å². The Kier molecular flexibility index (Phi) is 5.22. The van der Waals surface area contributed by atoms with E-state index in [2.05, 4.69) is 5.32 Å². The molecule has 1 aliphatic rings. The summed E-state index contributed by atoms with van der Waals surface area (Å²) in [5.41, 5.74) is 0.256. The lowest BCUT2D eigenvalue weighted by Crippen LogP contribution is -2.31. The van der Waals surface area contributed by atoms with Gasteiger partial charge in [-0.25, -0.2) is 4.39 Å². The number of amides is 2. The van der Waals surface area contributed by atoms with Crippen molar-refractivity contribution in [3.05, 3.63) is 94.8 Å². The Hall–Kier alpha value is -3.68. The summed E-state index contributed by atoms with van der Waals surface area (Å²) in [6.07, 6.45) is -4.44. The van der Waals surface area contributed by atoms with Crippen LogP contribution in [0.3, 0.4) is 0 Å². The summed E-state index contributed by atoms with van der Waals surface area (Å²) in [5.74, 6) is -2.22. The van der Waals surface area contributed by atoms with Crippen LogP contribution in [0.2, 0.25) is 0 Å². The molecule has 0 aromatic heterocycles. The highest BCUT2D eigenvalue weighted by Crippen LogP contribution is 2.36. The minimum Gasteiger partial charge on any atom is -0.322 e. The lowest BCUT2D eigenvalue weighted by atomic mass is 10.1. The maximum atomic E-state index is 13.4. The average molecular weight is 428 g/mol. The number of hydrogen-bond acceptors (Lipinski definition) is 2. The molecule has 0 spiro atoms. The van der Waals surface area contributed by atoms with E-state index < -0.39 is 29.0 Å². The number of rotatable bonds is 3. The fourth-order valence-corrected chi connectivity index (χ4v) is 3.57. The molecule has 31 heavy (non-hydrogen) atoms. The molecular formula is C23H16F4N2O2. The number of nitrogens with one attached hydrogen (secondary N) is 1. The second kappa shape index (κ2) is 7.86. The minimum absolute atomic E-state index is 0.179. The van der Waals surface area contributed by atoms with Crippen LogP contribution in [0.1, 0.15) is 31.8 Å². The van der Waals surface area contributed by atoms with E-state index in [1.165, 1.54) is 4.90 Å². The quantitative estimate of drug-likeness (QED) is 0.576. The Morgan fingerprint density at radius 2 is 1.68 bits per heavy atom. The second-order valence-corrected chi connectivity index (χ2v) is 7.06. The number of hydrogen-bond donors (Lipinski definition) is 1. The first kappa shape index (κ1) is 20.6. The second-order valence-electron chi connectivity index (χ2n) is 7.06. The molecule has 8 heteroatoms. The standard InChI is InChI=1S/C23H16F4N2O2/c24-16-6-8-18(19(13-16)23(25,26)27)22(31)29-11-10-15-12-17(7-9-20(15)29)28-21(30)14-4-2-1-3-5-14/h1-9,12-13H,10-11H2,(H,28,30). The Morgan fingerprint density at radius 1 is 0.935 bits per heavy atom. The van der Waals surface area contributed by atoms with Crippen LogP contribution in [-0.4, -0.2) is 18.4 Å². The van der Waals surface area contributed by atoms with Gasteiger partial charge in [-0.3, -0.25) is 9.59 Å². The van der Waals surface area contributed by atoms with Crippen molar-refractivity contribution in [3.8, 4) is 0 Å². The summed E-state index contributed by atoms with van der Waals surface area (Å²) in [5, 5.41) is 2.77. The van der Waals surface area contributed by atoms with Crippen LogP contribution >= 0.6 is 0 Å². The topological polar surface area (TPSA) is 49.4 Å². The SMILES string of the molecule is O=C(Nc1ccc2c(c1)CCN2C(=O)c1ccc(F)cc1C(F)(F)F)c1ccccc1. The number of carbonyl (C=O) groups is 2. The largest absolute Gasteiger partial charge is 0.417 e. The fourth-order valence-electron chi connectivity index (χ4n) is 3.57. The van der Waals surface area contributed by atoms with E-state index in [1.807, 2.05) is 0 Å². The summed E-state index contributed by atoms with van der Waals surface area (Å²) in [4.78, 5) is 26.4. The number of nitrogens with zero attached hydrogens (tertiary/aromatic N) is 1. The number of anilines is 2. The van der Waals surface area contributed by atoms with Crippen LogP contribution in [0, 0.1) is 5.82 Å². The molecule has 1 aliphatic heterocycles. The van der Waals surface area contributed by atoms with Crippen molar-refractivity contribution >= 4 is 23.2 Å². The summed E-state index contributed by atoms with van der Waals surface area (Å²) in [6, 6.07) is 15.5. The number of benzene rings is 3. The molecule has 0 saturated carbocycles. The number of halogens is 4. The molecule has 1 heterocycles. The Balaban J connectivity index is 1.59. The van der Waals surface area contributed by atoms with Gasteiger partial charge < -0.3 is 10.2 Å². The van der Waals surface area contributed by atoms with E-state index in [9.17, 15) is 27.2 Å². The van der Waals surface area contributed by atoms with Crippen LogP contribution in [0.4, 0.5) is 28.9 Å². The maximum Gasteiger partial charge on any atom is 0.417 e. The molecule has 0 saturated heterocycles. The Morgan fingerprint density at radius 3 is 2.39 bits per heavy atom. The summed E-state index contributed by atoms with van der Waals surface area (Å²) in [7, 11) is 0. The lowest BCUT2D eigenvalue weighted by molar-refractivity contribution is -0.138. The molecule has 0 unspecified atom stereocenters. The van der Waals surface area contributed by atoms with Crippen molar-refractivity contribution in [2.24, 2.45) is 0 Å². The molecule has 0 atom stereocenters. The highest BCUT2D eigenvalue weighted by molar-refractivity contribution is 6.09. The zero-order chi connectivity index (χ0) is 22.2. The van der Waals surface area contributed by atoms with E-state index in [4.69, 9.17) is 0 Å². The average Bonchev–Trinajstić information content (AvgIpc) is 3.16. The first-order chi connectivity index (χ1) is 14.7. The van der Waals surface area contributed by atoms with Gasteiger partial charge in [-0.15, -0.1) is 0 Å². The third-order valence-electron chi connectivity index (χ3n) is 5.03. The van der Waals surface area contributed by atoms with Crippen LogP contribution in [-0.2, 0) is 12.6 Å². The van der Waals surface area contributed by atoms with Gasteiger partial charge in [-0.2, -0.15) is 13.2 Å². The third-order valence-corrected chi connectivity index (χ3v) is 5.03. The Labute approximate surface area is 175 Å². The summed E-state index contributed by atoms with van der Waals surface area (Å²) < 4.78 is 53.3. The molecule has 2 amide bonds. The molecular weight excluding hydrogens is 412 g/mol. The van der Waals surface area contributed by atoms with Crippen molar-refractivity contribution < 1.29 is 27.2 Å². The number of fused-ring (bicyclic) bond motifs is 1. The van der Waals surface area contributed by atoms with Gasteiger partial charge in [0.05, 0.1) is 11.1 Å². The lowest BCUT2D eigenvalue weighted by Gasteiger charge is -2.20. The van der Waals surface area contributed by atoms with E-state index in [1.54, 1.807) is 48.5 Å². The first-order valence-electron chi connectivity index (χ1n) is 9.42. The normalized spacial score (nSPS) is 13.1. The zero-order valence-corrected chi connectivity index (χ0v) is 16.0. The van der Waals surface area contributed by atoms with Gasteiger partial charge >= 0.3 is 6.18 Å². The Bertz CT molecular complexity index is 1160. The van der Waals surface area contributed by atoms with Crippen molar-refractivity contribution in [1.82, 2.24) is 0 Å². The van der Waals surface area contributed by atoms with Crippen molar-refractivity contribution in [1.29, 1.82) is 0 Å². The molecule has 0 aliphatic carbocycles. The molecule has 0 radical (unpaired) electrons. The zero-order valence-electron chi connectivity index (χ0n) is 16.0. The molecule has 4 nitrogen and oxygen atoms in total. The molecule has 0 bridgehead atoms. The molecule has 3 aromatic carbocycles. The van der Waals surface area contributed by atoms with Gasteiger partial charge in [-0.1, -0.05) is 18.2 Å². The smallest absolute Gasteiger partial charge is 0.322 e. The maximum absolute atomic E-state index is 13.4. The molecule has 3 aromatic rings. The van der Waals surface area contributed by atoms with E-state index in [-0.39, 0.29) is 12.5 Å². The highest BCUT2D eigenvalue weighted by Gasteiger charge is 2.38. The summed E-state index contributed by atoms with van der Waals surface area (Å²) >= 11 is 0. The van der Waals surface area contributed by atoms with Crippen LogP contribution < -0.4 is 10.2 Å². The van der Waals surface area contributed by atoms with E-state index in [0.717, 1.165) is 17.7 Å². The summed E-state index contributed by atoms with van der Waals surface area (Å²) in [6.45, 7) is 0.179. The van der Waals surface area contributed by atoms with E-state index in [0.29, 0.717) is 29.4 Å². The predicted octanol–water partition coefficient (Wildman–Crippen LogP) is 5.30. The minimum atomic E-state index is -4.86. The van der Waals surface area contributed by atoms with Gasteiger partial charge in [0.25, 0.3) is 11.8 Å².